The van der Waals surface area contributed by atoms with Crippen LogP contribution in [0.1, 0.15) is 6.92 Å². The Bertz CT molecular complexity index is 1070. The van der Waals surface area contributed by atoms with Crippen molar-refractivity contribution in [3.8, 4) is 16.9 Å². The van der Waals surface area contributed by atoms with Gasteiger partial charge in [0.2, 0.25) is 11.8 Å². The van der Waals surface area contributed by atoms with E-state index >= 15 is 0 Å². The Morgan fingerprint density at radius 2 is 1.77 bits per heavy atom. The highest BCUT2D eigenvalue weighted by Crippen LogP contribution is 2.36. The highest BCUT2D eigenvalue weighted by Gasteiger charge is 2.26. The van der Waals surface area contributed by atoms with Crippen molar-refractivity contribution in [3.63, 3.8) is 0 Å². The third-order valence-electron chi connectivity index (χ3n) is 4.85. The van der Waals surface area contributed by atoms with Crippen LogP contribution in [0.5, 0.6) is 5.75 Å². The van der Waals surface area contributed by atoms with Gasteiger partial charge in [0.05, 0.1) is 27.2 Å². The number of aromatic nitrogens is 2. The summed E-state index contributed by atoms with van der Waals surface area (Å²) in [6.07, 6.45) is 5.00. The lowest BCUT2D eigenvalue weighted by molar-refractivity contribution is -0.117. The molecule has 0 unspecified atom stereocenters. The highest BCUT2D eigenvalue weighted by atomic mass is 28.3. The standard InChI is InChI=1S/C23H28N4O3Si/c1-16(28)25-19-10-11-20(31(3,4)5)23(26-21(29)14-27-13-12-24-15-27)22(19)17-6-8-18(30-2)9-7-17/h6-13,15H,14H2,1-5H3,(H,25,28)(H,26,29). The molecule has 0 aliphatic rings. The predicted molar refractivity (Wildman–Crippen MR) is 127 cm³/mol. The molecule has 2 aromatic carbocycles. The first-order valence-corrected chi connectivity index (χ1v) is 13.5. The molecule has 0 radical (unpaired) electrons. The second kappa shape index (κ2) is 9.17. The van der Waals surface area contributed by atoms with Gasteiger partial charge in [-0.05, 0) is 28.9 Å². The lowest BCUT2D eigenvalue weighted by Crippen LogP contribution is -2.40. The molecule has 2 N–H and O–H groups in total. The van der Waals surface area contributed by atoms with Gasteiger partial charge in [-0.15, -0.1) is 0 Å². The molecule has 0 aliphatic carbocycles. The molecule has 3 aromatic rings. The zero-order valence-corrected chi connectivity index (χ0v) is 19.5. The van der Waals surface area contributed by atoms with Gasteiger partial charge in [0.25, 0.3) is 0 Å². The second-order valence-corrected chi connectivity index (χ2v) is 13.4. The Morgan fingerprint density at radius 3 is 2.32 bits per heavy atom. The molecule has 1 heterocycles. The van der Waals surface area contributed by atoms with Crippen LogP contribution in [0.25, 0.3) is 11.1 Å². The molecule has 0 fully saturated rings. The Hall–Kier alpha value is -3.39. The number of carbonyl (C=O) groups excluding carboxylic acids is 2. The molecule has 0 saturated heterocycles. The number of nitrogens with one attached hydrogen (secondary N) is 2. The molecule has 8 heteroatoms. The zero-order valence-electron chi connectivity index (χ0n) is 18.5. The minimum absolute atomic E-state index is 0.150. The molecule has 0 atom stereocenters. The lowest BCUT2D eigenvalue weighted by atomic mass is 10.0. The van der Waals surface area contributed by atoms with Crippen molar-refractivity contribution < 1.29 is 14.3 Å². The topological polar surface area (TPSA) is 85.3 Å². The summed E-state index contributed by atoms with van der Waals surface area (Å²) < 4.78 is 7.01. The summed E-state index contributed by atoms with van der Waals surface area (Å²) in [7, 11) is -0.224. The molecule has 162 valence electrons. The van der Waals surface area contributed by atoms with E-state index in [2.05, 4.69) is 35.3 Å². The van der Waals surface area contributed by atoms with Crippen LogP contribution in [-0.2, 0) is 16.1 Å². The largest absolute Gasteiger partial charge is 0.497 e. The van der Waals surface area contributed by atoms with Crippen molar-refractivity contribution in [1.82, 2.24) is 9.55 Å². The van der Waals surface area contributed by atoms with Crippen LogP contribution in [-0.4, -0.2) is 36.5 Å². The van der Waals surface area contributed by atoms with Crippen LogP contribution in [0, 0.1) is 0 Å². The number of hydrogen-bond acceptors (Lipinski definition) is 4. The molecule has 0 aliphatic heterocycles. The Kier molecular flexibility index (Phi) is 6.60. The fourth-order valence-corrected chi connectivity index (χ4v) is 4.95. The molecule has 2 amide bonds. The van der Waals surface area contributed by atoms with E-state index in [-0.39, 0.29) is 18.4 Å². The number of anilines is 2. The number of ether oxygens (including phenoxy) is 1. The van der Waals surface area contributed by atoms with E-state index in [9.17, 15) is 9.59 Å². The Morgan fingerprint density at radius 1 is 1.06 bits per heavy atom. The van der Waals surface area contributed by atoms with Gasteiger partial charge in [-0.25, -0.2) is 4.98 Å². The first-order valence-electron chi connectivity index (χ1n) is 10.0. The lowest BCUT2D eigenvalue weighted by Gasteiger charge is -2.26. The number of imidazole rings is 1. The van der Waals surface area contributed by atoms with Crippen LogP contribution < -0.4 is 20.6 Å². The van der Waals surface area contributed by atoms with Gasteiger partial charge >= 0.3 is 0 Å². The van der Waals surface area contributed by atoms with Gasteiger partial charge in [-0.3, -0.25) is 9.59 Å². The molecular weight excluding hydrogens is 408 g/mol. The molecule has 7 nitrogen and oxygen atoms in total. The average Bonchev–Trinajstić information content (AvgIpc) is 3.20. The first-order chi connectivity index (χ1) is 14.7. The molecule has 1 aromatic heterocycles. The summed E-state index contributed by atoms with van der Waals surface area (Å²) in [5.74, 6) is 0.398. The van der Waals surface area contributed by atoms with E-state index in [1.54, 1.807) is 30.4 Å². The molecule has 3 rings (SSSR count). The minimum atomic E-state index is -1.84. The van der Waals surface area contributed by atoms with Gasteiger partial charge in [-0.1, -0.05) is 37.8 Å². The van der Waals surface area contributed by atoms with Gasteiger partial charge in [0.15, 0.2) is 0 Å². The van der Waals surface area contributed by atoms with Crippen LogP contribution >= 0.6 is 0 Å². The summed E-state index contributed by atoms with van der Waals surface area (Å²) in [5.41, 5.74) is 3.05. The summed E-state index contributed by atoms with van der Waals surface area (Å²) in [6.45, 7) is 8.30. The summed E-state index contributed by atoms with van der Waals surface area (Å²) in [5, 5.41) is 7.15. The van der Waals surface area contributed by atoms with Crippen LogP contribution in [0.2, 0.25) is 19.6 Å². The maximum Gasteiger partial charge on any atom is 0.244 e. The van der Waals surface area contributed by atoms with Gasteiger partial charge in [0, 0.05) is 30.6 Å². The SMILES string of the molecule is COc1ccc(-c2c(NC(C)=O)ccc([Si](C)(C)C)c2NC(=O)Cn2ccnc2)cc1. The van der Waals surface area contributed by atoms with Gasteiger partial charge < -0.3 is 19.9 Å². The van der Waals surface area contributed by atoms with Crippen molar-refractivity contribution in [2.75, 3.05) is 17.7 Å². The van der Waals surface area contributed by atoms with Crippen molar-refractivity contribution in [2.24, 2.45) is 0 Å². The third kappa shape index (κ3) is 5.40. The van der Waals surface area contributed by atoms with Gasteiger partial charge in [0.1, 0.15) is 12.3 Å². The van der Waals surface area contributed by atoms with Crippen LogP contribution in [0.15, 0.2) is 55.1 Å². The molecule has 0 bridgehead atoms. The third-order valence-corrected chi connectivity index (χ3v) is 6.89. The first kappa shape index (κ1) is 22.3. The molecule has 0 spiro atoms. The molecular formula is C23H28N4O3Si. The fraction of sp³-hybridized carbons (Fsp3) is 0.261. The maximum absolute atomic E-state index is 12.9. The Balaban J connectivity index is 2.16. The van der Waals surface area contributed by atoms with E-state index in [0.29, 0.717) is 5.69 Å². The summed E-state index contributed by atoms with van der Waals surface area (Å²) in [6, 6.07) is 11.5. The van der Waals surface area contributed by atoms with E-state index in [0.717, 1.165) is 27.8 Å². The normalized spacial score (nSPS) is 11.1. The van der Waals surface area contributed by atoms with Crippen molar-refractivity contribution in [3.05, 3.63) is 55.1 Å². The quantitative estimate of drug-likeness (QED) is 0.553. The number of hydrogen-bond donors (Lipinski definition) is 2. The summed E-state index contributed by atoms with van der Waals surface area (Å²) in [4.78, 5) is 28.8. The van der Waals surface area contributed by atoms with E-state index in [1.165, 1.54) is 6.92 Å². The number of nitrogens with zero attached hydrogens (tertiary/aromatic N) is 2. The number of benzene rings is 2. The highest BCUT2D eigenvalue weighted by molar-refractivity contribution is 6.90. The molecule has 0 saturated carbocycles. The number of amides is 2. The average molecular weight is 437 g/mol. The van der Waals surface area contributed by atoms with Crippen LogP contribution in [0.3, 0.4) is 0 Å². The predicted octanol–water partition coefficient (Wildman–Crippen LogP) is 3.70. The zero-order chi connectivity index (χ0) is 22.6. The fourth-order valence-electron chi connectivity index (χ4n) is 3.43. The van der Waals surface area contributed by atoms with Crippen LogP contribution in [0.4, 0.5) is 11.4 Å². The maximum atomic E-state index is 12.9. The van der Waals surface area contributed by atoms with E-state index in [4.69, 9.17) is 4.74 Å². The van der Waals surface area contributed by atoms with Crippen molar-refractivity contribution in [2.45, 2.75) is 33.1 Å². The van der Waals surface area contributed by atoms with Crippen molar-refractivity contribution >= 4 is 36.4 Å². The smallest absolute Gasteiger partial charge is 0.244 e. The second-order valence-electron chi connectivity index (χ2n) is 8.35. The van der Waals surface area contributed by atoms with E-state index in [1.807, 2.05) is 36.4 Å². The summed E-state index contributed by atoms with van der Waals surface area (Å²) >= 11 is 0. The number of methoxy groups -OCH3 is 1. The van der Waals surface area contributed by atoms with Crippen molar-refractivity contribution in [1.29, 1.82) is 0 Å². The molecule has 31 heavy (non-hydrogen) atoms. The number of rotatable bonds is 7. The van der Waals surface area contributed by atoms with Gasteiger partial charge in [-0.2, -0.15) is 0 Å². The monoisotopic (exact) mass is 436 g/mol. The number of carbonyl (C=O) groups is 2. The minimum Gasteiger partial charge on any atom is -0.497 e. The Labute approximate surface area is 183 Å². The van der Waals surface area contributed by atoms with E-state index < -0.39 is 8.07 Å².